The van der Waals surface area contributed by atoms with E-state index in [-0.39, 0.29) is 6.79 Å². The Bertz CT molecular complexity index is 1010. The molecule has 1 aromatic heterocycles. The molecule has 3 aromatic rings. The van der Waals surface area contributed by atoms with Crippen molar-refractivity contribution in [2.24, 2.45) is 0 Å². The molecule has 0 N–H and O–H groups in total. The van der Waals surface area contributed by atoms with E-state index in [1.807, 2.05) is 50.2 Å². The van der Waals surface area contributed by atoms with Crippen molar-refractivity contribution in [1.29, 1.82) is 0 Å². The van der Waals surface area contributed by atoms with Crippen LogP contribution in [0.2, 0.25) is 0 Å². The fraction of sp³-hybridized carbons (Fsp3) is 0.300. The van der Waals surface area contributed by atoms with E-state index in [1.165, 1.54) is 0 Å². The largest absolute Gasteiger partial charge is 0.486 e. The van der Waals surface area contributed by atoms with Crippen molar-refractivity contribution in [1.82, 2.24) is 10.1 Å². The minimum Gasteiger partial charge on any atom is -0.486 e. The lowest BCUT2D eigenvalue weighted by Gasteiger charge is -2.20. The molecule has 0 radical (unpaired) electrons. The Morgan fingerprint density at radius 1 is 0.815 bits per heavy atom. The van der Waals surface area contributed by atoms with Crippen LogP contribution in [-0.2, 0) is 5.41 Å². The summed E-state index contributed by atoms with van der Waals surface area (Å²) in [6.07, 6.45) is 0. The van der Waals surface area contributed by atoms with Gasteiger partial charge in [0.1, 0.15) is 13.2 Å². The summed E-state index contributed by atoms with van der Waals surface area (Å²) in [5, 5.41) is 4.16. The number of ether oxygens (including phenoxy) is 4. The van der Waals surface area contributed by atoms with Gasteiger partial charge in [-0.15, -0.1) is 0 Å². The molecule has 0 saturated carbocycles. The fourth-order valence-electron chi connectivity index (χ4n) is 3.19. The number of rotatable bonds is 3. The first-order chi connectivity index (χ1) is 13.1. The smallest absolute Gasteiger partial charge is 0.237 e. The summed E-state index contributed by atoms with van der Waals surface area (Å²) in [6, 6.07) is 11.5. The zero-order valence-electron chi connectivity index (χ0n) is 15.0. The Kier molecular flexibility index (Phi) is 3.50. The van der Waals surface area contributed by atoms with Crippen LogP contribution in [0.5, 0.6) is 23.0 Å². The van der Waals surface area contributed by atoms with Crippen LogP contribution < -0.4 is 18.9 Å². The van der Waals surface area contributed by atoms with E-state index >= 15 is 0 Å². The van der Waals surface area contributed by atoms with Gasteiger partial charge >= 0.3 is 0 Å². The highest BCUT2D eigenvalue weighted by Gasteiger charge is 2.32. The van der Waals surface area contributed by atoms with Crippen molar-refractivity contribution in [2.45, 2.75) is 19.3 Å². The Morgan fingerprint density at radius 2 is 1.52 bits per heavy atom. The van der Waals surface area contributed by atoms with Crippen LogP contribution in [0.4, 0.5) is 0 Å². The normalized spacial score (nSPS) is 15.0. The molecule has 7 heteroatoms. The first kappa shape index (κ1) is 16.0. The van der Waals surface area contributed by atoms with Crippen LogP contribution in [0.1, 0.15) is 25.3 Å². The van der Waals surface area contributed by atoms with E-state index in [9.17, 15) is 0 Å². The zero-order chi connectivity index (χ0) is 18.4. The summed E-state index contributed by atoms with van der Waals surface area (Å²) in [5.41, 5.74) is 1.33. The van der Waals surface area contributed by atoms with Gasteiger partial charge in [-0.05, 0) is 49.7 Å². The van der Waals surface area contributed by atoms with Gasteiger partial charge in [0, 0.05) is 5.56 Å². The molecular weight excluding hydrogens is 348 g/mol. The van der Waals surface area contributed by atoms with Gasteiger partial charge in [-0.2, -0.15) is 4.98 Å². The van der Waals surface area contributed by atoms with Crippen LogP contribution in [0.25, 0.3) is 11.4 Å². The van der Waals surface area contributed by atoms with Gasteiger partial charge in [0.25, 0.3) is 0 Å². The lowest BCUT2D eigenvalue weighted by Crippen LogP contribution is -2.19. The van der Waals surface area contributed by atoms with Gasteiger partial charge in [0.2, 0.25) is 18.5 Å². The maximum Gasteiger partial charge on any atom is 0.237 e. The SMILES string of the molecule is CC(C)(c1ccc2c(c1)OCO2)c1nc(-c2ccc3c(c2)OCCO3)no1. The van der Waals surface area contributed by atoms with E-state index < -0.39 is 5.41 Å². The molecule has 0 fully saturated rings. The highest BCUT2D eigenvalue weighted by Crippen LogP contribution is 2.39. The lowest BCUT2D eigenvalue weighted by atomic mass is 9.84. The predicted octanol–water partition coefficient (Wildman–Crippen LogP) is 3.56. The molecule has 0 saturated heterocycles. The molecule has 0 aliphatic carbocycles. The average Bonchev–Trinajstić information content (AvgIpc) is 3.37. The Hall–Kier alpha value is -3.22. The Labute approximate surface area is 155 Å². The molecule has 2 aliphatic heterocycles. The maximum absolute atomic E-state index is 5.63. The first-order valence-electron chi connectivity index (χ1n) is 8.75. The summed E-state index contributed by atoms with van der Waals surface area (Å²) >= 11 is 0. The van der Waals surface area contributed by atoms with Crippen LogP contribution in [-0.4, -0.2) is 30.1 Å². The number of hydrogen-bond donors (Lipinski definition) is 0. The van der Waals surface area contributed by atoms with Crippen LogP contribution in [0, 0.1) is 0 Å². The van der Waals surface area contributed by atoms with Gasteiger partial charge in [-0.1, -0.05) is 11.2 Å². The molecule has 7 nitrogen and oxygen atoms in total. The monoisotopic (exact) mass is 366 g/mol. The van der Waals surface area contributed by atoms with Crippen LogP contribution >= 0.6 is 0 Å². The maximum atomic E-state index is 5.63. The van der Waals surface area contributed by atoms with Crippen molar-refractivity contribution in [3.05, 3.63) is 47.9 Å². The molecule has 138 valence electrons. The van der Waals surface area contributed by atoms with E-state index in [0.29, 0.717) is 30.7 Å². The fourth-order valence-corrected chi connectivity index (χ4v) is 3.19. The second-order valence-electron chi connectivity index (χ2n) is 6.97. The molecular formula is C20H18N2O5. The van der Waals surface area contributed by atoms with Gasteiger partial charge in [0.15, 0.2) is 23.0 Å². The van der Waals surface area contributed by atoms with Gasteiger partial charge < -0.3 is 23.5 Å². The van der Waals surface area contributed by atoms with Crippen molar-refractivity contribution >= 4 is 0 Å². The number of nitrogens with zero attached hydrogens (tertiary/aromatic N) is 2. The molecule has 27 heavy (non-hydrogen) atoms. The summed E-state index contributed by atoms with van der Waals surface area (Å²) in [5.74, 6) is 3.93. The molecule has 0 atom stereocenters. The molecule has 3 heterocycles. The second-order valence-corrected chi connectivity index (χ2v) is 6.97. The lowest BCUT2D eigenvalue weighted by molar-refractivity contribution is 0.171. The summed E-state index contributed by atoms with van der Waals surface area (Å²) in [7, 11) is 0. The van der Waals surface area contributed by atoms with E-state index in [0.717, 1.165) is 28.4 Å². The Balaban J connectivity index is 1.47. The van der Waals surface area contributed by atoms with Crippen LogP contribution in [0.3, 0.4) is 0 Å². The highest BCUT2D eigenvalue weighted by atomic mass is 16.7. The van der Waals surface area contributed by atoms with E-state index in [1.54, 1.807) is 0 Å². The topological polar surface area (TPSA) is 75.8 Å². The molecule has 2 aliphatic rings. The second kappa shape index (κ2) is 5.90. The third-order valence-corrected chi connectivity index (χ3v) is 4.86. The van der Waals surface area contributed by atoms with Crippen LogP contribution in [0.15, 0.2) is 40.9 Å². The first-order valence-corrected chi connectivity index (χ1v) is 8.75. The van der Waals surface area contributed by atoms with Crippen molar-refractivity contribution < 1.29 is 23.5 Å². The van der Waals surface area contributed by atoms with Gasteiger partial charge in [-0.25, -0.2) is 0 Å². The third kappa shape index (κ3) is 2.66. The summed E-state index contributed by atoms with van der Waals surface area (Å²) in [6.45, 7) is 5.40. The van der Waals surface area contributed by atoms with Crippen molar-refractivity contribution in [3.63, 3.8) is 0 Å². The molecule has 2 aromatic carbocycles. The molecule has 0 unspecified atom stereocenters. The van der Waals surface area contributed by atoms with E-state index in [2.05, 4.69) is 10.1 Å². The molecule has 5 rings (SSSR count). The Morgan fingerprint density at radius 3 is 2.41 bits per heavy atom. The minimum absolute atomic E-state index is 0.244. The predicted molar refractivity (Wildman–Crippen MR) is 95.4 cm³/mol. The molecule has 0 bridgehead atoms. The molecule has 0 spiro atoms. The van der Waals surface area contributed by atoms with E-state index in [4.69, 9.17) is 23.5 Å². The summed E-state index contributed by atoms with van der Waals surface area (Å²) in [4.78, 5) is 4.62. The highest BCUT2D eigenvalue weighted by molar-refractivity contribution is 5.61. The van der Waals surface area contributed by atoms with Gasteiger partial charge in [0.05, 0.1) is 5.41 Å². The van der Waals surface area contributed by atoms with Crippen molar-refractivity contribution in [3.8, 4) is 34.4 Å². The number of benzene rings is 2. The number of aromatic nitrogens is 2. The quantitative estimate of drug-likeness (QED) is 0.701. The zero-order valence-corrected chi connectivity index (χ0v) is 15.0. The molecule has 0 amide bonds. The van der Waals surface area contributed by atoms with Crippen molar-refractivity contribution in [2.75, 3.05) is 20.0 Å². The standard InChI is InChI=1S/C20H18N2O5/c1-20(2,13-4-6-15-17(10-13)26-11-25-15)19-21-18(22-27-19)12-3-5-14-16(9-12)24-8-7-23-14/h3-6,9-10H,7-8,11H2,1-2H3. The number of fused-ring (bicyclic) bond motifs is 2. The number of hydrogen-bond acceptors (Lipinski definition) is 7. The third-order valence-electron chi connectivity index (χ3n) is 4.86. The summed E-state index contributed by atoms with van der Waals surface area (Å²) < 4.78 is 27.7. The minimum atomic E-state index is -0.486. The van der Waals surface area contributed by atoms with Gasteiger partial charge in [-0.3, -0.25) is 0 Å². The average molecular weight is 366 g/mol.